The van der Waals surface area contributed by atoms with Gasteiger partial charge in [-0.25, -0.2) is 19.9 Å². The number of thiazole rings is 1. The molecule has 220 valence electrons. The minimum atomic E-state index is 0.287. The Hall–Kier alpha value is -5.98. The van der Waals surface area contributed by atoms with Crippen LogP contribution in [0.15, 0.2) is 151 Å². The summed E-state index contributed by atoms with van der Waals surface area (Å²) in [6.07, 6.45) is 6.90. The molecule has 0 radical (unpaired) electrons. The summed E-state index contributed by atoms with van der Waals surface area (Å²) >= 11 is 1.72. The van der Waals surface area contributed by atoms with Crippen molar-refractivity contribution in [3.05, 3.63) is 156 Å². The molecule has 1 atom stereocenters. The van der Waals surface area contributed by atoms with Crippen LogP contribution in [0.1, 0.15) is 5.01 Å². The molecule has 47 heavy (non-hydrogen) atoms. The van der Waals surface area contributed by atoms with E-state index in [9.17, 15) is 0 Å². The highest BCUT2D eigenvalue weighted by Gasteiger charge is 2.37. The number of para-hydroxylation sites is 2. The second kappa shape index (κ2) is 10.3. The Labute approximate surface area is 274 Å². The van der Waals surface area contributed by atoms with E-state index in [1.54, 1.807) is 11.3 Å². The summed E-state index contributed by atoms with van der Waals surface area (Å²) in [4.78, 5) is 19.8. The molecule has 3 aromatic heterocycles. The zero-order valence-corrected chi connectivity index (χ0v) is 25.9. The van der Waals surface area contributed by atoms with Gasteiger partial charge in [-0.3, -0.25) is 0 Å². The maximum Gasteiger partial charge on any atom is 0.164 e. The highest BCUT2D eigenvalue weighted by Crippen LogP contribution is 2.52. The molecule has 0 spiro atoms. The fourth-order valence-electron chi connectivity index (χ4n) is 6.73. The van der Waals surface area contributed by atoms with Crippen molar-refractivity contribution in [2.45, 2.75) is 0 Å². The van der Waals surface area contributed by atoms with Crippen LogP contribution in [0.2, 0.25) is 0 Å². The second-order valence-corrected chi connectivity index (χ2v) is 12.9. The van der Waals surface area contributed by atoms with Crippen molar-refractivity contribution >= 4 is 54.6 Å². The maximum atomic E-state index is 5.09. The zero-order chi connectivity index (χ0) is 30.9. The van der Waals surface area contributed by atoms with Gasteiger partial charge in [0.25, 0.3) is 0 Å². The molecule has 2 aliphatic carbocycles. The Balaban J connectivity index is 1.04. The first-order valence-corrected chi connectivity index (χ1v) is 16.5. The first-order valence-electron chi connectivity index (χ1n) is 15.7. The Bertz CT molecular complexity index is 2520. The van der Waals surface area contributed by atoms with E-state index >= 15 is 0 Å². The van der Waals surface area contributed by atoms with Crippen LogP contribution in [0.3, 0.4) is 0 Å². The highest BCUT2D eigenvalue weighted by molar-refractivity contribution is 7.19. The minimum absolute atomic E-state index is 0.287. The largest absolute Gasteiger partial charge is 0.312 e. The highest BCUT2D eigenvalue weighted by atomic mass is 32.1. The van der Waals surface area contributed by atoms with E-state index in [2.05, 4.69) is 89.5 Å². The molecule has 0 aliphatic heterocycles. The summed E-state index contributed by atoms with van der Waals surface area (Å²) in [6, 6.07) is 43.9. The molecule has 8 aromatic rings. The molecule has 0 bridgehead atoms. The van der Waals surface area contributed by atoms with Crippen LogP contribution in [0.5, 0.6) is 0 Å². The van der Waals surface area contributed by atoms with Gasteiger partial charge < -0.3 is 4.57 Å². The maximum absolute atomic E-state index is 5.09. The molecule has 0 N–H and O–H groups in total. The molecular formula is C41H25N5S. The lowest BCUT2D eigenvalue weighted by Gasteiger charge is -2.16. The van der Waals surface area contributed by atoms with Gasteiger partial charge in [-0.1, -0.05) is 103 Å². The van der Waals surface area contributed by atoms with Crippen LogP contribution in [0.4, 0.5) is 0 Å². The third kappa shape index (κ3) is 4.30. The molecule has 0 unspecified atom stereocenters. The van der Waals surface area contributed by atoms with Gasteiger partial charge in [0.15, 0.2) is 17.5 Å². The van der Waals surface area contributed by atoms with Crippen LogP contribution in [-0.4, -0.2) is 24.5 Å². The third-order valence-corrected chi connectivity index (χ3v) is 10.1. The summed E-state index contributed by atoms with van der Waals surface area (Å²) in [5.74, 6) is 2.25. The van der Waals surface area contributed by atoms with E-state index in [1.165, 1.54) is 38.6 Å². The number of rotatable bonds is 5. The lowest BCUT2D eigenvalue weighted by molar-refractivity contribution is 1.06. The van der Waals surface area contributed by atoms with Crippen LogP contribution in [-0.2, 0) is 0 Å². The van der Waals surface area contributed by atoms with E-state index in [0.29, 0.717) is 17.5 Å². The molecule has 6 heteroatoms. The molecule has 0 fully saturated rings. The number of hydrogen-bond acceptors (Lipinski definition) is 5. The molecule has 2 aliphatic rings. The Morgan fingerprint density at radius 3 is 1.74 bits per heavy atom. The van der Waals surface area contributed by atoms with Crippen molar-refractivity contribution in [3.8, 4) is 34.2 Å². The molecule has 0 saturated carbocycles. The Morgan fingerprint density at radius 1 is 0.532 bits per heavy atom. The van der Waals surface area contributed by atoms with Crippen LogP contribution in [0, 0.1) is 5.92 Å². The summed E-state index contributed by atoms with van der Waals surface area (Å²) < 4.78 is 3.54. The van der Waals surface area contributed by atoms with Crippen molar-refractivity contribution in [3.63, 3.8) is 0 Å². The van der Waals surface area contributed by atoms with E-state index in [-0.39, 0.29) is 5.92 Å². The fraction of sp³-hybridized carbons (Fsp3) is 0.0244. The van der Waals surface area contributed by atoms with Gasteiger partial charge in [-0.05, 0) is 48.1 Å². The topological polar surface area (TPSA) is 56.5 Å². The van der Waals surface area contributed by atoms with E-state index in [0.717, 1.165) is 31.9 Å². The molecule has 10 rings (SSSR count). The van der Waals surface area contributed by atoms with Crippen molar-refractivity contribution in [2.24, 2.45) is 5.92 Å². The van der Waals surface area contributed by atoms with Gasteiger partial charge in [0.2, 0.25) is 0 Å². The average Bonchev–Trinajstić information content (AvgIpc) is 3.73. The van der Waals surface area contributed by atoms with Crippen molar-refractivity contribution < 1.29 is 0 Å². The summed E-state index contributed by atoms with van der Waals surface area (Å²) in [6.45, 7) is 0. The van der Waals surface area contributed by atoms with Crippen LogP contribution < -0.4 is 0 Å². The van der Waals surface area contributed by atoms with Gasteiger partial charge >= 0.3 is 0 Å². The first kappa shape index (κ1) is 26.3. The van der Waals surface area contributed by atoms with Crippen molar-refractivity contribution in [1.29, 1.82) is 0 Å². The van der Waals surface area contributed by atoms with Gasteiger partial charge in [-0.2, -0.15) is 0 Å². The predicted octanol–water partition coefficient (Wildman–Crippen LogP) is 10.1. The average molecular weight is 620 g/mol. The van der Waals surface area contributed by atoms with Crippen molar-refractivity contribution in [1.82, 2.24) is 24.5 Å². The summed E-state index contributed by atoms with van der Waals surface area (Å²) in [7, 11) is 0. The number of aromatic nitrogens is 5. The number of benzene rings is 5. The predicted molar refractivity (Wildman–Crippen MR) is 193 cm³/mol. The van der Waals surface area contributed by atoms with Gasteiger partial charge in [0.1, 0.15) is 5.01 Å². The molecule has 3 heterocycles. The van der Waals surface area contributed by atoms with E-state index < -0.39 is 0 Å². The molecule has 5 nitrogen and oxygen atoms in total. The SMILES string of the molecule is C1=C(c2nc3ccc(-c4nc(-c5ccccc5)nc(-c5ccccc5)n4)cc3s2)C2=C[C@@H]2C(n2c3ccccc3c3ccccc32)=C1. The second-order valence-electron chi connectivity index (χ2n) is 11.9. The molecule has 0 saturated heterocycles. The summed E-state index contributed by atoms with van der Waals surface area (Å²) in [5, 5.41) is 3.61. The molecular weight excluding hydrogens is 595 g/mol. The number of nitrogens with zero attached hydrogens (tertiary/aromatic N) is 5. The normalized spacial score (nSPS) is 15.4. The zero-order valence-electron chi connectivity index (χ0n) is 25.1. The first-order chi connectivity index (χ1) is 23.3. The third-order valence-electron chi connectivity index (χ3n) is 9.04. The van der Waals surface area contributed by atoms with Crippen LogP contribution >= 0.6 is 11.3 Å². The summed E-state index contributed by atoms with van der Waals surface area (Å²) in [5.41, 5.74) is 10.2. The fourth-order valence-corrected chi connectivity index (χ4v) is 7.78. The van der Waals surface area contributed by atoms with E-state index in [1.807, 2.05) is 60.7 Å². The van der Waals surface area contributed by atoms with Gasteiger partial charge in [0.05, 0.1) is 21.3 Å². The Morgan fingerprint density at radius 2 is 1.11 bits per heavy atom. The van der Waals surface area contributed by atoms with Crippen LogP contribution in [0.25, 0.3) is 77.5 Å². The van der Waals surface area contributed by atoms with Gasteiger partial charge in [-0.15, -0.1) is 11.3 Å². The Kier molecular flexibility index (Phi) is 5.74. The van der Waals surface area contributed by atoms with E-state index in [4.69, 9.17) is 19.9 Å². The molecule has 0 amide bonds. The lowest BCUT2D eigenvalue weighted by Crippen LogP contribution is -2.04. The standard InChI is InChI=1S/C41H25N5S/c1-3-11-25(12-4-1)38-43-39(26-13-5-2-6-14-26)45-40(44-38)27-19-21-33-37(23-27)47-41(42-33)30-20-22-36(32-24-31(30)32)46-34-17-9-7-15-28(34)29-16-8-10-18-35(29)46/h1-24,32H/t32-/m0/s1. The van der Waals surface area contributed by atoms with Gasteiger partial charge in [0, 0.05) is 44.7 Å². The lowest BCUT2D eigenvalue weighted by atomic mass is 10.0. The quantitative estimate of drug-likeness (QED) is 0.192. The molecule has 5 aromatic carbocycles. The monoisotopic (exact) mass is 619 g/mol. The number of fused-ring (bicyclic) bond motifs is 5. The smallest absolute Gasteiger partial charge is 0.164 e. The number of hydrogen-bond donors (Lipinski definition) is 0. The number of allylic oxidation sites excluding steroid dienone is 6. The van der Waals surface area contributed by atoms with Crippen molar-refractivity contribution in [2.75, 3.05) is 0 Å². The minimum Gasteiger partial charge on any atom is -0.312 e.